The van der Waals surface area contributed by atoms with E-state index in [1.165, 1.54) is 11.8 Å². The molecule has 4 heteroatoms. The van der Waals surface area contributed by atoms with Gasteiger partial charge in [-0.05, 0) is 18.2 Å². The van der Waals surface area contributed by atoms with Gasteiger partial charge in [-0.2, -0.15) is 0 Å². The van der Waals surface area contributed by atoms with Crippen LogP contribution in [0.1, 0.15) is 10.4 Å². The summed E-state index contributed by atoms with van der Waals surface area (Å²) in [6.45, 7) is 0. The zero-order valence-corrected chi connectivity index (χ0v) is 11.7. The van der Waals surface area contributed by atoms with Crippen molar-refractivity contribution in [3.63, 3.8) is 0 Å². The molecular formula is C16H13NO2S. The molecule has 2 aromatic carbocycles. The molecule has 3 rings (SSSR count). The largest absolute Gasteiger partial charge is 0.497 e. The van der Waals surface area contributed by atoms with Gasteiger partial charge in [0, 0.05) is 16.5 Å². The van der Waals surface area contributed by atoms with Crippen LogP contribution in [0.5, 0.6) is 5.75 Å². The number of ketones is 1. The van der Waals surface area contributed by atoms with Crippen LogP contribution in [-0.4, -0.2) is 12.9 Å². The van der Waals surface area contributed by atoms with E-state index in [2.05, 4.69) is 5.32 Å². The quantitative estimate of drug-likeness (QED) is 0.684. The summed E-state index contributed by atoms with van der Waals surface area (Å²) in [6.07, 6.45) is 1.63. The van der Waals surface area contributed by atoms with Gasteiger partial charge < -0.3 is 10.1 Å². The first kappa shape index (κ1) is 12.8. The number of hydrogen-bond acceptors (Lipinski definition) is 4. The summed E-state index contributed by atoms with van der Waals surface area (Å²) >= 11 is 1.54. The zero-order chi connectivity index (χ0) is 13.9. The third kappa shape index (κ3) is 2.56. The molecule has 0 aromatic heterocycles. The van der Waals surface area contributed by atoms with Gasteiger partial charge in [0.15, 0.2) is 5.78 Å². The molecule has 1 heterocycles. The van der Waals surface area contributed by atoms with Crippen LogP contribution < -0.4 is 10.1 Å². The average molecular weight is 283 g/mol. The second-order valence-electron chi connectivity index (χ2n) is 4.33. The van der Waals surface area contributed by atoms with Crippen molar-refractivity contribution in [2.75, 3.05) is 12.4 Å². The minimum atomic E-state index is 0.000344. The molecule has 1 aliphatic heterocycles. The average Bonchev–Trinajstić information content (AvgIpc) is 2.89. The fraction of sp³-hybridized carbons (Fsp3) is 0.0625. The number of carbonyl (C=O) groups excluding carboxylic acids is 1. The highest BCUT2D eigenvalue weighted by Crippen LogP contribution is 2.42. The molecule has 0 saturated carbocycles. The molecular weight excluding hydrogens is 270 g/mol. The number of thioether (sulfide) groups is 1. The fourth-order valence-electron chi connectivity index (χ4n) is 1.96. The first-order valence-electron chi connectivity index (χ1n) is 6.20. The molecule has 0 radical (unpaired) electrons. The van der Waals surface area contributed by atoms with Gasteiger partial charge in [-0.15, -0.1) is 0 Å². The topological polar surface area (TPSA) is 38.3 Å². The van der Waals surface area contributed by atoms with Gasteiger partial charge in [-0.3, -0.25) is 4.79 Å². The normalized spacial score (nSPS) is 14.8. The molecule has 0 amide bonds. The molecule has 20 heavy (non-hydrogen) atoms. The first-order chi connectivity index (χ1) is 9.76. The van der Waals surface area contributed by atoms with Crippen LogP contribution in [0.2, 0.25) is 0 Å². The highest BCUT2D eigenvalue weighted by atomic mass is 32.2. The van der Waals surface area contributed by atoms with Crippen molar-refractivity contribution in [3.05, 3.63) is 65.2 Å². The fourth-order valence-corrected chi connectivity index (χ4v) is 2.93. The lowest BCUT2D eigenvalue weighted by Crippen LogP contribution is -1.97. The summed E-state index contributed by atoms with van der Waals surface area (Å²) in [4.78, 5) is 13.2. The Morgan fingerprint density at radius 1 is 1.20 bits per heavy atom. The number of rotatable bonds is 3. The van der Waals surface area contributed by atoms with Gasteiger partial charge in [0.1, 0.15) is 5.75 Å². The zero-order valence-electron chi connectivity index (χ0n) is 10.9. The monoisotopic (exact) mass is 283 g/mol. The van der Waals surface area contributed by atoms with E-state index in [0.717, 1.165) is 21.4 Å². The predicted molar refractivity (Wildman–Crippen MR) is 81.3 cm³/mol. The van der Waals surface area contributed by atoms with Crippen molar-refractivity contribution >= 4 is 23.2 Å². The van der Waals surface area contributed by atoms with Crippen LogP contribution in [0.25, 0.3) is 0 Å². The number of anilines is 1. The summed E-state index contributed by atoms with van der Waals surface area (Å²) in [5, 5.41) is 4.07. The molecule has 0 aliphatic carbocycles. The van der Waals surface area contributed by atoms with Crippen LogP contribution >= 0.6 is 11.8 Å². The van der Waals surface area contributed by atoms with Gasteiger partial charge in [-0.25, -0.2) is 0 Å². The second-order valence-corrected chi connectivity index (χ2v) is 5.41. The number of ether oxygens (including phenoxy) is 1. The molecule has 1 aliphatic rings. The van der Waals surface area contributed by atoms with Crippen LogP contribution in [-0.2, 0) is 0 Å². The van der Waals surface area contributed by atoms with Gasteiger partial charge in [0.25, 0.3) is 0 Å². The van der Waals surface area contributed by atoms with E-state index in [0.29, 0.717) is 5.56 Å². The maximum Gasteiger partial charge on any atom is 0.188 e. The minimum absolute atomic E-state index is 0.000344. The van der Waals surface area contributed by atoms with Crippen molar-refractivity contribution in [1.29, 1.82) is 0 Å². The number of benzene rings is 2. The van der Waals surface area contributed by atoms with Gasteiger partial charge in [-0.1, -0.05) is 42.1 Å². The highest BCUT2D eigenvalue weighted by Gasteiger charge is 2.17. The van der Waals surface area contributed by atoms with Crippen LogP contribution in [0.3, 0.4) is 0 Å². The molecule has 100 valence electrons. The van der Waals surface area contributed by atoms with E-state index < -0.39 is 0 Å². The standard InChI is InChI=1S/C16H13NO2S/c1-19-12-7-8-13-15(9-12)20-16(17-13)10-14(18)11-5-3-2-4-6-11/h2-10,17H,1H3/b16-10+. The number of nitrogens with one attached hydrogen (secondary N) is 1. The van der Waals surface area contributed by atoms with Crippen LogP contribution in [0.4, 0.5) is 5.69 Å². The molecule has 2 aromatic rings. The number of fused-ring (bicyclic) bond motifs is 1. The van der Waals surface area contributed by atoms with E-state index in [-0.39, 0.29) is 5.78 Å². The molecule has 0 saturated heterocycles. The first-order valence-corrected chi connectivity index (χ1v) is 7.02. The molecule has 0 unspecified atom stereocenters. The Morgan fingerprint density at radius 3 is 2.75 bits per heavy atom. The van der Waals surface area contributed by atoms with Crippen molar-refractivity contribution in [2.24, 2.45) is 0 Å². The van der Waals surface area contributed by atoms with Gasteiger partial charge in [0.2, 0.25) is 0 Å². The molecule has 0 spiro atoms. The number of carbonyl (C=O) groups is 1. The third-order valence-corrected chi connectivity index (χ3v) is 3.98. The van der Waals surface area contributed by atoms with Crippen molar-refractivity contribution in [2.45, 2.75) is 4.90 Å². The van der Waals surface area contributed by atoms with E-state index in [9.17, 15) is 4.79 Å². The maximum atomic E-state index is 12.1. The molecule has 0 bridgehead atoms. The van der Waals surface area contributed by atoms with Crippen molar-refractivity contribution < 1.29 is 9.53 Å². The van der Waals surface area contributed by atoms with E-state index in [1.54, 1.807) is 13.2 Å². The van der Waals surface area contributed by atoms with Crippen molar-refractivity contribution in [1.82, 2.24) is 0 Å². The lowest BCUT2D eigenvalue weighted by atomic mass is 10.1. The summed E-state index contributed by atoms with van der Waals surface area (Å²) in [5.74, 6) is 0.814. The molecule has 0 atom stereocenters. The Bertz CT molecular complexity index is 680. The number of allylic oxidation sites excluding steroid dienone is 1. The highest BCUT2D eigenvalue weighted by molar-refractivity contribution is 8.03. The Hall–Kier alpha value is -2.20. The molecule has 0 fully saturated rings. The molecule has 1 N–H and O–H groups in total. The van der Waals surface area contributed by atoms with Crippen LogP contribution in [0, 0.1) is 0 Å². The minimum Gasteiger partial charge on any atom is -0.497 e. The maximum absolute atomic E-state index is 12.1. The second kappa shape index (κ2) is 5.43. The molecule has 3 nitrogen and oxygen atoms in total. The van der Waals surface area contributed by atoms with Gasteiger partial charge in [0.05, 0.1) is 17.8 Å². The summed E-state index contributed by atoms with van der Waals surface area (Å²) in [7, 11) is 1.64. The number of hydrogen-bond donors (Lipinski definition) is 1. The number of methoxy groups -OCH3 is 1. The van der Waals surface area contributed by atoms with Crippen molar-refractivity contribution in [3.8, 4) is 5.75 Å². The summed E-state index contributed by atoms with van der Waals surface area (Å²) < 4.78 is 5.20. The van der Waals surface area contributed by atoms with E-state index in [4.69, 9.17) is 4.74 Å². The third-order valence-electron chi connectivity index (χ3n) is 2.99. The van der Waals surface area contributed by atoms with E-state index >= 15 is 0 Å². The summed E-state index contributed by atoms with van der Waals surface area (Å²) in [6, 6.07) is 15.1. The SMILES string of the molecule is COc1ccc2c(c1)S/C(=C/C(=O)c1ccccc1)N2. The smallest absolute Gasteiger partial charge is 0.188 e. The summed E-state index contributed by atoms with van der Waals surface area (Å²) in [5.41, 5.74) is 1.69. The Kier molecular flexibility index (Phi) is 3.48. The van der Waals surface area contributed by atoms with E-state index in [1.807, 2.05) is 48.5 Å². The Balaban J connectivity index is 1.81. The Morgan fingerprint density at radius 2 is 2.00 bits per heavy atom. The lowest BCUT2D eigenvalue weighted by Gasteiger charge is -2.01. The van der Waals surface area contributed by atoms with Crippen LogP contribution in [0.15, 0.2) is 64.5 Å². The lowest BCUT2D eigenvalue weighted by molar-refractivity contribution is 0.104. The predicted octanol–water partition coefficient (Wildman–Crippen LogP) is 3.94. The van der Waals surface area contributed by atoms with Gasteiger partial charge >= 0.3 is 0 Å². The Labute approximate surface area is 121 Å².